The van der Waals surface area contributed by atoms with Crippen LogP contribution in [0.15, 0.2) is 29.3 Å². The summed E-state index contributed by atoms with van der Waals surface area (Å²) in [5, 5.41) is 2.68. The molecule has 1 aromatic rings. The molecule has 0 aliphatic heterocycles. The molecule has 1 aromatic carbocycles. The average Bonchev–Trinajstić information content (AvgIpc) is 2.37. The number of amides is 1. The summed E-state index contributed by atoms with van der Waals surface area (Å²) >= 11 is 0. The van der Waals surface area contributed by atoms with Gasteiger partial charge in [-0.15, -0.1) is 37.1 Å². The molecule has 0 aliphatic carbocycles. The minimum Gasteiger partial charge on any atom is -0.406 e. The van der Waals surface area contributed by atoms with Crippen LogP contribution in [0.2, 0.25) is 0 Å². The second-order valence-corrected chi connectivity index (χ2v) is 5.15. The zero-order valence-corrected chi connectivity index (χ0v) is 14.8. The van der Waals surface area contributed by atoms with Crippen molar-refractivity contribution in [3.8, 4) is 5.75 Å². The fraction of sp³-hybridized carbons (Fsp3) is 0.385. The molecule has 5 N–H and O–H groups in total. The number of carbonyl (C=O) groups excluding carboxylic acids is 1. The van der Waals surface area contributed by atoms with Gasteiger partial charge in [-0.25, -0.2) is 0 Å². The standard InChI is InChI=1S/C13H17F3N4O2.HI/c1-12(2,10(17)21)7-19-11(18)20-8-3-5-9(6-4-8)22-13(14,15)16;/h3-6H,7H2,1-2H3,(H2,17,21)(H3,18,19,20);1H. The van der Waals surface area contributed by atoms with Crippen molar-refractivity contribution in [3.05, 3.63) is 24.3 Å². The van der Waals surface area contributed by atoms with E-state index in [2.05, 4.69) is 15.0 Å². The Bertz CT molecular complexity index is 559. The molecule has 0 spiro atoms. The number of ether oxygens (including phenoxy) is 1. The van der Waals surface area contributed by atoms with Gasteiger partial charge in [-0.2, -0.15) is 0 Å². The first-order valence-corrected chi connectivity index (χ1v) is 6.22. The highest BCUT2D eigenvalue weighted by atomic mass is 127. The number of nitrogens with one attached hydrogen (secondary N) is 1. The molecule has 0 unspecified atom stereocenters. The van der Waals surface area contributed by atoms with Gasteiger partial charge in [0.2, 0.25) is 5.91 Å². The van der Waals surface area contributed by atoms with Crippen LogP contribution in [0.5, 0.6) is 5.75 Å². The maximum atomic E-state index is 12.0. The minimum absolute atomic E-state index is 0. The molecule has 0 aliphatic rings. The lowest BCUT2D eigenvalue weighted by Gasteiger charge is -2.17. The molecule has 0 aromatic heterocycles. The predicted molar refractivity (Wildman–Crippen MR) is 91.6 cm³/mol. The third-order valence-corrected chi connectivity index (χ3v) is 2.67. The molecule has 0 heterocycles. The van der Waals surface area contributed by atoms with Crippen LogP contribution in [0.3, 0.4) is 0 Å². The molecule has 6 nitrogen and oxygen atoms in total. The zero-order valence-electron chi connectivity index (χ0n) is 12.5. The van der Waals surface area contributed by atoms with E-state index in [1.54, 1.807) is 13.8 Å². The Balaban J connectivity index is 0.00000484. The van der Waals surface area contributed by atoms with Gasteiger partial charge in [-0.3, -0.25) is 9.79 Å². The Hall–Kier alpha value is -1.72. The monoisotopic (exact) mass is 446 g/mol. The number of halogens is 4. The van der Waals surface area contributed by atoms with Crippen molar-refractivity contribution in [2.45, 2.75) is 20.2 Å². The van der Waals surface area contributed by atoms with E-state index in [0.29, 0.717) is 5.69 Å². The molecule has 0 atom stereocenters. The zero-order chi connectivity index (χ0) is 17.0. The van der Waals surface area contributed by atoms with Gasteiger partial charge in [-0.1, -0.05) is 0 Å². The van der Waals surface area contributed by atoms with Gasteiger partial charge < -0.3 is 21.5 Å². The lowest BCUT2D eigenvalue weighted by atomic mass is 9.93. The SMILES string of the molecule is CC(C)(CN=C(N)Nc1ccc(OC(F)(F)F)cc1)C(N)=O.I. The molecule has 0 bridgehead atoms. The average molecular weight is 446 g/mol. The van der Waals surface area contributed by atoms with Crippen molar-refractivity contribution in [2.24, 2.45) is 21.9 Å². The third-order valence-electron chi connectivity index (χ3n) is 2.67. The van der Waals surface area contributed by atoms with Gasteiger partial charge in [0.1, 0.15) is 5.75 Å². The summed E-state index contributed by atoms with van der Waals surface area (Å²) in [5.41, 5.74) is 10.4. The number of nitrogens with zero attached hydrogens (tertiary/aromatic N) is 1. The van der Waals surface area contributed by atoms with Crippen molar-refractivity contribution >= 4 is 41.5 Å². The quantitative estimate of drug-likeness (QED) is 0.367. The highest BCUT2D eigenvalue weighted by molar-refractivity contribution is 14.0. The molecule has 130 valence electrons. The molecular weight excluding hydrogens is 428 g/mol. The van der Waals surface area contributed by atoms with Gasteiger partial charge in [0.15, 0.2) is 5.96 Å². The number of hydrogen-bond donors (Lipinski definition) is 3. The smallest absolute Gasteiger partial charge is 0.406 e. The second-order valence-electron chi connectivity index (χ2n) is 5.15. The molecule has 0 saturated carbocycles. The summed E-state index contributed by atoms with van der Waals surface area (Å²) in [6, 6.07) is 4.97. The molecule has 0 fully saturated rings. The second kappa shape index (κ2) is 8.22. The number of carbonyl (C=O) groups is 1. The van der Waals surface area contributed by atoms with E-state index < -0.39 is 17.7 Å². The van der Waals surface area contributed by atoms with Crippen molar-refractivity contribution in [3.63, 3.8) is 0 Å². The van der Waals surface area contributed by atoms with Gasteiger partial charge >= 0.3 is 6.36 Å². The van der Waals surface area contributed by atoms with Crippen molar-refractivity contribution in [1.82, 2.24) is 0 Å². The summed E-state index contributed by atoms with van der Waals surface area (Å²) < 4.78 is 39.8. The van der Waals surface area contributed by atoms with E-state index in [0.717, 1.165) is 12.1 Å². The molecule has 0 radical (unpaired) electrons. The Morgan fingerprint density at radius 2 is 1.74 bits per heavy atom. The van der Waals surface area contributed by atoms with Gasteiger partial charge in [-0.05, 0) is 38.1 Å². The molecule has 10 heteroatoms. The van der Waals surface area contributed by atoms with E-state index >= 15 is 0 Å². The maximum absolute atomic E-state index is 12.0. The third kappa shape index (κ3) is 7.90. The van der Waals surface area contributed by atoms with E-state index in [1.165, 1.54) is 12.1 Å². The summed E-state index contributed by atoms with van der Waals surface area (Å²) in [5.74, 6) is -0.847. The van der Waals surface area contributed by atoms with Crippen LogP contribution < -0.4 is 21.5 Å². The lowest BCUT2D eigenvalue weighted by molar-refractivity contribution is -0.274. The van der Waals surface area contributed by atoms with Crippen LogP contribution in [0.4, 0.5) is 18.9 Å². The summed E-state index contributed by atoms with van der Waals surface area (Å²) in [4.78, 5) is 15.1. The predicted octanol–water partition coefficient (Wildman–Crippen LogP) is 2.44. The van der Waals surface area contributed by atoms with Crippen LogP contribution in [-0.4, -0.2) is 24.8 Å². The maximum Gasteiger partial charge on any atom is 0.573 e. The number of anilines is 1. The highest BCUT2D eigenvalue weighted by Gasteiger charge is 2.31. The summed E-state index contributed by atoms with van der Waals surface area (Å²) in [7, 11) is 0. The Morgan fingerprint density at radius 3 is 2.17 bits per heavy atom. The van der Waals surface area contributed by atoms with E-state index in [-0.39, 0.29) is 42.2 Å². The molecule has 1 amide bonds. The van der Waals surface area contributed by atoms with Crippen LogP contribution >= 0.6 is 24.0 Å². The number of aliphatic imine (C=N–C) groups is 1. The highest BCUT2D eigenvalue weighted by Crippen LogP contribution is 2.23. The fourth-order valence-corrected chi connectivity index (χ4v) is 1.29. The molecule has 0 saturated heterocycles. The Morgan fingerprint density at radius 1 is 1.22 bits per heavy atom. The van der Waals surface area contributed by atoms with Crippen molar-refractivity contribution in [1.29, 1.82) is 0 Å². The van der Waals surface area contributed by atoms with E-state index in [4.69, 9.17) is 11.5 Å². The van der Waals surface area contributed by atoms with Crippen LogP contribution in [0.25, 0.3) is 0 Å². The number of primary amides is 1. The number of nitrogens with two attached hydrogens (primary N) is 2. The van der Waals surface area contributed by atoms with Crippen LogP contribution in [0, 0.1) is 5.41 Å². The van der Waals surface area contributed by atoms with E-state index in [9.17, 15) is 18.0 Å². The largest absolute Gasteiger partial charge is 0.573 e. The summed E-state index contributed by atoms with van der Waals surface area (Å²) in [6.07, 6.45) is -4.74. The van der Waals surface area contributed by atoms with Crippen LogP contribution in [0.1, 0.15) is 13.8 Å². The van der Waals surface area contributed by atoms with Gasteiger partial charge in [0, 0.05) is 5.69 Å². The Labute approximate surface area is 148 Å². The van der Waals surface area contributed by atoms with Crippen molar-refractivity contribution < 1.29 is 22.7 Å². The number of rotatable bonds is 5. The summed E-state index contributed by atoms with van der Waals surface area (Å²) in [6.45, 7) is 3.32. The number of guanidine groups is 1. The number of hydrogen-bond acceptors (Lipinski definition) is 3. The van der Waals surface area contributed by atoms with Gasteiger partial charge in [0.25, 0.3) is 0 Å². The fourth-order valence-electron chi connectivity index (χ4n) is 1.29. The molecule has 1 rings (SSSR count). The molecule has 23 heavy (non-hydrogen) atoms. The van der Waals surface area contributed by atoms with Crippen LogP contribution in [-0.2, 0) is 4.79 Å². The van der Waals surface area contributed by atoms with E-state index in [1.807, 2.05) is 0 Å². The number of benzene rings is 1. The molecular formula is C13H18F3IN4O2. The normalized spacial score (nSPS) is 12.3. The minimum atomic E-state index is -4.74. The first-order valence-electron chi connectivity index (χ1n) is 6.22. The first kappa shape index (κ1) is 21.3. The number of alkyl halides is 3. The Kier molecular flexibility index (Phi) is 7.61. The topological polar surface area (TPSA) is 103 Å². The van der Waals surface area contributed by atoms with Gasteiger partial charge in [0.05, 0.1) is 12.0 Å². The van der Waals surface area contributed by atoms with Crippen molar-refractivity contribution in [2.75, 3.05) is 11.9 Å². The lowest BCUT2D eigenvalue weighted by Crippen LogP contribution is -2.35. The first-order chi connectivity index (χ1) is 9.99.